The molecule has 0 aliphatic carbocycles. The van der Waals surface area contributed by atoms with Gasteiger partial charge < -0.3 is 26.2 Å². The fraction of sp³-hybridized carbons (Fsp3) is 0.182. The zero-order chi connectivity index (χ0) is 15.0. The van der Waals surface area contributed by atoms with Crippen molar-refractivity contribution < 1.29 is 30.0 Å². The van der Waals surface area contributed by atoms with Crippen LogP contribution in [0, 0.1) is 5.41 Å². The van der Waals surface area contributed by atoms with Crippen molar-refractivity contribution in [3.63, 3.8) is 0 Å². The molecule has 8 nitrogen and oxygen atoms in total. The van der Waals surface area contributed by atoms with Crippen molar-refractivity contribution in [1.82, 2.24) is 0 Å². The van der Waals surface area contributed by atoms with Crippen molar-refractivity contribution in [3.8, 4) is 0 Å². The van der Waals surface area contributed by atoms with Gasteiger partial charge in [0.15, 0.2) is 12.2 Å². The van der Waals surface area contributed by atoms with Crippen molar-refractivity contribution in [3.05, 3.63) is 35.9 Å². The summed E-state index contributed by atoms with van der Waals surface area (Å²) in [6.45, 7) is 0. The largest absolute Gasteiger partial charge is 0.479 e. The fourth-order valence-corrected chi connectivity index (χ4v) is 0.888. The van der Waals surface area contributed by atoms with Crippen LogP contribution in [0.4, 0.5) is 0 Å². The molecule has 1 rings (SSSR count). The van der Waals surface area contributed by atoms with Gasteiger partial charge in [-0.15, -0.1) is 0 Å². The number of aliphatic hydroxyl groups excluding tert-OH is 2. The molecule has 8 heteroatoms. The van der Waals surface area contributed by atoms with Crippen molar-refractivity contribution >= 4 is 17.8 Å². The Labute approximate surface area is 108 Å². The molecule has 104 valence electrons. The Morgan fingerprint density at radius 2 is 1.37 bits per heavy atom. The molecule has 2 atom stereocenters. The molecule has 0 saturated carbocycles. The third kappa shape index (κ3) is 6.15. The molecule has 0 amide bonds. The highest BCUT2D eigenvalue weighted by Gasteiger charge is 2.29. The average molecular weight is 270 g/mol. The summed E-state index contributed by atoms with van der Waals surface area (Å²) in [5.41, 5.74) is 5.97. The number of nitrogens with two attached hydrogens (primary N) is 1. The Balaban J connectivity index is 0.000000342. The number of carboxylic acid groups (broad SMARTS) is 2. The van der Waals surface area contributed by atoms with E-state index in [1.807, 2.05) is 30.3 Å². The van der Waals surface area contributed by atoms with E-state index in [4.69, 9.17) is 31.6 Å². The van der Waals surface area contributed by atoms with Crippen molar-refractivity contribution in [1.29, 1.82) is 5.41 Å². The van der Waals surface area contributed by atoms with Crippen molar-refractivity contribution in [2.75, 3.05) is 0 Å². The molecule has 1 aromatic carbocycles. The Hall–Kier alpha value is -2.45. The number of nitrogens with one attached hydrogen (secondary N) is 1. The second kappa shape index (κ2) is 7.80. The van der Waals surface area contributed by atoms with Gasteiger partial charge in [-0.05, 0) is 0 Å². The lowest BCUT2D eigenvalue weighted by molar-refractivity contribution is -0.165. The number of carbonyl (C=O) groups is 2. The van der Waals surface area contributed by atoms with Crippen LogP contribution in [0.3, 0.4) is 0 Å². The fourth-order valence-electron chi connectivity index (χ4n) is 0.888. The molecule has 0 bridgehead atoms. The second-order valence-electron chi connectivity index (χ2n) is 3.35. The van der Waals surface area contributed by atoms with E-state index in [-0.39, 0.29) is 5.84 Å². The van der Waals surface area contributed by atoms with Gasteiger partial charge in [0.25, 0.3) is 0 Å². The average Bonchev–Trinajstić information content (AvgIpc) is 2.38. The Morgan fingerprint density at radius 1 is 1.00 bits per heavy atom. The van der Waals surface area contributed by atoms with Gasteiger partial charge in [-0.1, -0.05) is 30.3 Å². The monoisotopic (exact) mass is 270 g/mol. The van der Waals surface area contributed by atoms with Gasteiger partial charge in [0.1, 0.15) is 5.84 Å². The van der Waals surface area contributed by atoms with Crippen LogP contribution in [0.25, 0.3) is 0 Å². The van der Waals surface area contributed by atoms with Crippen LogP contribution < -0.4 is 5.73 Å². The Bertz CT molecular complexity index is 430. The second-order valence-corrected chi connectivity index (χ2v) is 3.35. The molecule has 0 spiro atoms. The van der Waals surface area contributed by atoms with E-state index in [2.05, 4.69) is 0 Å². The van der Waals surface area contributed by atoms with E-state index >= 15 is 0 Å². The number of rotatable bonds is 4. The van der Waals surface area contributed by atoms with Crippen LogP contribution in [-0.2, 0) is 9.59 Å². The molecule has 0 fully saturated rings. The van der Waals surface area contributed by atoms with E-state index in [0.717, 1.165) is 5.56 Å². The van der Waals surface area contributed by atoms with E-state index in [1.54, 1.807) is 0 Å². The summed E-state index contributed by atoms with van der Waals surface area (Å²) in [5, 5.41) is 39.5. The molecule has 0 saturated heterocycles. The smallest absolute Gasteiger partial charge is 0.335 e. The highest BCUT2D eigenvalue weighted by molar-refractivity contribution is 5.94. The van der Waals surface area contributed by atoms with Crippen LogP contribution >= 0.6 is 0 Å². The number of hydrogen-bond acceptors (Lipinski definition) is 5. The zero-order valence-electron chi connectivity index (χ0n) is 9.72. The van der Waals surface area contributed by atoms with Gasteiger partial charge in [0.05, 0.1) is 0 Å². The summed E-state index contributed by atoms with van der Waals surface area (Å²) in [7, 11) is 0. The Kier molecular flexibility index (Phi) is 6.79. The molecule has 0 heterocycles. The molecule has 1 aromatic rings. The molecule has 0 radical (unpaired) electrons. The quantitative estimate of drug-likeness (QED) is 0.297. The van der Waals surface area contributed by atoms with Crippen molar-refractivity contribution in [2.24, 2.45) is 5.73 Å². The molecule has 0 aliphatic heterocycles. The van der Waals surface area contributed by atoms with Gasteiger partial charge in [0.2, 0.25) is 0 Å². The molecule has 0 aliphatic rings. The molecular formula is C11H14N2O6. The predicted molar refractivity (Wildman–Crippen MR) is 64.7 cm³/mol. The molecule has 2 unspecified atom stereocenters. The number of carboxylic acids is 2. The minimum Gasteiger partial charge on any atom is -0.479 e. The lowest BCUT2D eigenvalue weighted by Crippen LogP contribution is -2.39. The number of aliphatic hydroxyl groups is 2. The first-order valence-corrected chi connectivity index (χ1v) is 4.98. The van der Waals surface area contributed by atoms with E-state index in [1.165, 1.54) is 0 Å². The van der Waals surface area contributed by atoms with Gasteiger partial charge >= 0.3 is 11.9 Å². The van der Waals surface area contributed by atoms with Crippen LogP contribution in [0.2, 0.25) is 0 Å². The van der Waals surface area contributed by atoms with Gasteiger partial charge in [-0.3, -0.25) is 5.41 Å². The minimum absolute atomic E-state index is 0.121. The maximum atomic E-state index is 9.77. The molecule has 19 heavy (non-hydrogen) atoms. The van der Waals surface area contributed by atoms with Crippen LogP contribution in [0.1, 0.15) is 5.56 Å². The highest BCUT2D eigenvalue weighted by Crippen LogP contribution is 1.94. The topological polar surface area (TPSA) is 165 Å². The minimum atomic E-state index is -2.27. The summed E-state index contributed by atoms with van der Waals surface area (Å²) in [5.74, 6) is -3.42. The summed E-state index contributed by atoms with van der Waals surface area (Å²) in [6, 6.07) is 9.23. The van der Waals surface area contributed by atoms with Crippen LogP contribution in [0.5, 0.6) is 0 Å². The summed E-state index contributed by atoms with van der Waals surface area (Å²) in [4.78, 5) is 19.5. The van der Waals surface area contributed by atoms with E-state index < -0.39 is 24.1 Å². The lowest BCUT2D eigenvalue weighted by atomic mass is 10.2. The van der Waals surface area contributed by atoms with E-state index in [0.29, 0.717) is 0 Å². The maximum absolute atomic E-state index is 9.77. The number of amidine groups is 1. The van der Waals surface area contributed by atoms with Crippen molar-refractivity contribution in [2.45, 2.75) is 12.2 Å². The zero-order valence-corrected chi connectivity index (χ0v) is 9.72. The normalized spacial score (nSPS) is 12.5. The third-order valence-electron chi connectivity index (χ3n) is 1.89. The van der Waals surface area contributed by atoms with Crippen LogP contribution in [-0.4, -0.2) is 50.4 Å². The first kappa shape index (κ1) is 16.6. The summed E-state index contributed by atoms with van der Waals surface area (Å²) in [6.07, 6.45) is -4.53. The molecular weight excluding hydrogens is 256 g/mol. The summed E-state index contributed by atoms with van der Waals surface area (Å²) < 4.78 is 0. The van der Waals surface area contributed by atoms with Gasteiger partial charge in [-0.2, -0.15) is 0 Å². The molecule has 0 aromatic heterocycles. The number of aliphatic carboxylic acids is 2. The van der Waals surface area contributed by atoms with Gasteiger partial charge in [0, 0.05) is 5.56 Å². The maximum Gasteiger partial charge on any atom is 0.335 e. The third-order valence-corrected chi connectivity index (χ3v) is 1.89. The predicted octanol–water partition coefficient (Wildman–Crippen LogP) is -1.15. The van der Waals surface area contributed by atoms with Gasteiger partial charge in [-0.25, -0.2) is 9.59 Å². The number of benzene rings is 1. The SMILES string of the molecule is N=C(N)c1ccccc1.O=C(O)C(O)C(O)C(=O)O. The lowest BCUT2D eigenvalue weighted by Gasteiger charge is -2.07. The van der Waals surface area contributed by atoms with Crippen LogP contribution in [0.15, 0.2) is 30.3 Å². The number of hydrogen-bond donors (Lipinski definition) is 6. The summed E-state index contributed by atoms with van der Waals surface area (Å²) >= 11 is 0. The molecule has 7 N–H and O–H groups in total. The van der Waals surface area contributed by atoms with E-state index in [9.17, 15) is 9.59 Å². The first-order chi connectivity index (χ1) is 8.77. The Morgan fingerprint density at radius 3 is 1.58 bits per heavy atom. The highest BCUT2D eigenvalue weighted by atomic mass is 16.4. The first-order valence-electron chi connectivity index (χ1n) is 4.98. The number of nitrogen functional groups attached to an aromatic ring is 1. The standard InChI is InChI=1S/C7H8N2.C4H6O6/c8-7(9)6-4-2-1-3-5-6;5-1(3(7)8)2(6)4(9)10/h1-5H,(H3,8,9);1-2,5-6H,(H,7,8)(H,9,10).